The predicted octanol–water partition coefficient (Wildman–Crippen LogP) is -2.41. The highest BCUT2D eigenvalue weighted by atomic mass is 16.4. The number of hydrogen-bond acceptors (Lipinski definition) is 11. The highest BCUT2D eigenvalue weighted by Crippen LogP contribution is 2.21. The summed E-state index contributed by atoms with van der Waals surface area (Å²) in [5, 5.41) is 29.8. The van der Waals surface area contributed by atoms with Gasteiger partial charge in [0.2, 0.25) is 41.4 Å². The van der Waals surface area contributed by atoms with Crippen molar-refractivity contribution in [3.8, 4) is 5.75 Å². The summed E-state index contributed by atoms with van der Waals surface area (Å²) in [6, 6.07) is -1.67. The number of carboxylic acid groups (broad SMARTS) is 1. The molecule has 1 aromatic carbocycles. The Labute approximate surface area is 313 Å². The molecule has 2 rings (SSSR count). The molecule has 0 aliphatic carbocycles. The maximum Gasteiger partial charge on any atom is 0.326 e. The van der Waals surface area contributed by atoms with Gasteiger partial charge in [-0.25, -0.2) is 4.79 Å². The number of benzene rings is 1. The summed E-state index contributed by atoms with van der Waals surface area (Å²) in [7, 11) is 0. The summed E-state index contributed by atoms with van der Waals surface area (Å²) < 4.78 is 0. The number of phenols is 1. The first-order valence-electron chi connectivity index (χ1n) is 18.0. The van der Waals surface area contributed by atoms with Crippen LogP contribution >= 0.6 is 0 Å². The van der Waals surface area contributed by atoms with E-state index >= 15 is 0 Å². The zero-order valence-corrected chi connectivity index (χ0v) is 30.8. The Balaban J connectivity index is 2.36. The molecule has 0 radical (unpaired) electrons. The van der Waals surface area contributed by atoms with Gasteiger partial charge in [0, 0.05) is 19.4 Å². The van der Waals surface area contributed by atoms with Crippen LogP contribution in [0.5, 0.6) is 5.75 Å². The fraction of sp³-hybridized carbons (Fsp3) is 0.600. The van der Waals surface area contributed by atoms with E-state index in [1.54, 1.807) is 26.0 Å². The fourth-order valence-corrected chi connectivity index (χ4v) is 5.95. The molecule has 0 aromatic heterocycles. The first-order valence-corrected chi connectivity index (χ1v) is 18.0. The second-order valence-corrected chi connectivity index (χ2v) is 13.5. The smallest absolute Gasteiger partial charge is 0.326 e. The average Bonchev–Trinajstić information content (AvgIpc) is 3.61. The molecule has 19 nitrogen and oxygen atoms in total. The number of likely N-dealkylation sites (tertiary alicyclic amines) is 1. The lowest BCUT2D eigenvalue weighted by Gasteiger charge is -2.31. The molecule has 19 heteroatoms. The van der Waals surface area contributed by atoms with Crippen molar-refractivity contribution in [2.75, 3.05) is 13.1 Å². The molecule has 54 heavy (non-hydrogen) atoms. The molecular weight excluding hydrogens is 706 g/mol. The summed E-state index contributed by atoms with van der Waals surface area (Å²) in [5.74, 6) is -7.15. The molecule has 0 saturated carbocycles. The zero-order valence-electron chi connectivity index (χ0n) is 30.8. The summed E-state index contributed by atoms with van der Waals surface area (Å²) in [4.78, 5) is 104. The number of hydrogen-bond donors (Lipinski definition) is 10. The SMILES string of the molecule is CC[C@H](C)[C@H](NC(=O)[C@H](Cc1ccc(O)cc1)NC(=O)[C@@H]1CCCN1C(=O)[C@H](CCC(N)=O)NC(=O)[C@@H](N)CC(N)=O)C(=O)N[C@@H](CCCCN)C(=O)O. The lowest BCUT2D eigenvalue weighted by Crippen LogP contribution is -2.60. The average molecular weight is 762 g/mol. The Bertz CT molecular complexity index is 1490. The molecule has 1 heterocycles. The standard InChI is InChI=1S/C35H55N9O10/c1-3-19(2)29(33(51)41-24(35(53)54)7-4-5-15-36)43-31(49)25(17-20-9-11-21(45)12-10-20)42-32(50)26-8-6-16-44(26)34(52)23(13-14-27(38)46)40-30(48)22(37)18-28(39)47/h9-12,19,22-26,29,45H,3-8,13-18,36-37H2,1-2H3,(H2,38,46)(H2,39,47)(H,40,48)(H,41,51)(H,42,50)(H,43,49)(H,53,54)/t19-,22-,23-,24-,25-,26-,29-/m0/s1. The number of unbranched alkanes of at least 4 members (excludes halogenated alkanes) is 1. The van der Waals surface area contributed by atoms with Crippen LogP contribution in [0.4, 0.5) is 0 Å². The minimum atomic E-state index is -1.38. The first kappa shape index (κ1) is 44.9. The number of primary amides is 2. The number of phenolic OH excluding ortho intramolecular Hbond substituents is 1. The van der Waals surface area contributed by atoms with Crippen molar-refractivity contribution in [2.45, 2.75) is 114 Å². The zero-order chi connectivity index (χ0) is 40.5. The predicted molar refractivity (Wildman–Crippen MR) is 194 cm³/mol. The highest BCUT2D eigenvalue weighted by Gasteiger charge is 2.40. The van der Waals surface area contributed by atoms with Crippen LogP contribution in [0.15, 0.2) is 24.3 Å². The fourth-order valence-electron chi connectivity index (χ4n) is 5.95. The van der Waals surface area contributed by atoms with Crippen molar-refractivity contribution >= 4 is 47.3 Å². The van der Waals surface area contributed by atoms with Crippen LogP contribution in [0.3, 0.4) is 0 Å². The van der Waals surface area contributed by atoms with Crippen LogP contribution in [0, 0.1) is 5.92 Å². The molecule has 7 amide bonds. The van der Waals surface area contributed by atoms with Crippen LogP contribution < -0.4 is 44.2 Å². The van der Waals surface area contributed by atoms with Gasteiger partial charge in [0.1, 0.15) is 36.0 Å². The number of nitrogens with zero attached hydrogens (tertiary/aromatic N) is 1. The maximum atomic E-state index is 14.0. The van der Waals surface area contributed by atoms with Crippen LogP contribution in [0.25, 0.3) is 0 Å². The van der Waals surface area contributed by atoms with Gasteiger partial charge < -0.3 is 59.3 Å². The minimum absolute atomic E-state index is 0.0367. The van der Waals surface area contributed by atoms with Crippen molar-refractivity contribution in [1.82, 2.24) is 26.2 Å². The van der Waals surface area contributed by atoms with Gasteiger partial charge in [0.05, 0.1) is 12.5 Å². The van der Waals surface area contributed by atoms with E-state index in [1.165, 1.54) is 17.0 Å². The number of nitrogens with two attached hydrogens (primary N) is 4. The third-order valence-corrected chi connectivity index (χ3v) is 9.25. The number of aromatic hydroxyl groups is 1. The molecule has 0 unspecified atom stereocenters. The van der Waals surface area contributed by atoms with E-state index in [1.807, 2.05) is 0 Å². The Morgan fingerprint density at radius 3 is 2.07 bits per heavy atom. The Kier molecular flexibility index (Phi) is 18.3. The van der Waals surface area contributed by atoms with Crippen LogP contribution in [0.1, 0.15) is 77.2 Å². The summed E-state index contributed by atoms with van der Waals surface area (Å²) >= 11 is 0. The molecule has 1 aromatic rings. The Morgan fingerprint density at radius 1 is 0.852 bits per heavy atom. The largest absolute Gasteiger partial charge is 0.508 e. The summed E-state index contributed by atoms with van der Waals surface area (Å²) in [5.41, 5.74) is 22.2. The molecule has 1 saturated heterocycles. The van der Waals surface area contributed by atoms with E-state index in [9.17, 15) is 48.6 Å². The number of carboxylic acids is 1. The number of carbonyl (C=O) groups excluding carboxylic acids is 7. The second kappa shape index (κ2) is 22.0. The van der Waals surface area contributed by atoms with Gasteiger partial charge >= 0.3 is 5.97 Å². The molecule has 1 aliphatic rings. The second-order valence-electron chi connectivity index (χ2n) is 13.5. The third-order valence-electron chi connectivity index (χ3n) is 9.25. The van der Waals surface area contributed by atoms with E-state index in [2.05, 4.69) is 21.3 Å². The normalized spacial score (nSPS) is 17.2. The van der Waals surface area contributed by atoms with E-state index in [0.29, 0.717) is 37.8 Å². The minimum Gasteiger partial charge on any atom is -0.508 e. The molecular formula is C35H55N9O10. The van der Waals surface area contributed by atoms with Gasteiger partial charge in [-0.1, -0.05) is 32.4 Å². The van der Waals surface area contributed by atoms with E-state index in [-0.39, 0.29) is 44.4 Å². The van der Waals surface area contributed by atoms with Crippen molar-refractivity contribution in [3.63, 3.8) is 0 Å². The summed E-state index contributed by atoms with van der Waals surface area (Å²) in [6.07, 6.45) is 1.00. The number of carbonyl (C=O) groups is 8. The maximum absolute atomic E-state index is 14.0. The lowest BCUT2D eigenvalue weighted by molar-refractivity contribution is -0.143. The van der Waals surface area contributed by atoms with Crippen LogP contribution in [0.2, 0.25) is 0 Å². The molecule has 14 N–H and O–H groups in total. The van der Waals surface area contributed by atoms with Gasteiger partial charge in [-0.05, 0) is 68.7 Å². The molecule has 0 bridgehead atoms. The third kappa shape index (κ3) is 14.3. The van der Waals surface area contributed by atoms with E-state index in [0.717, 1.165) is 0 Å². The monoisotopic (exact) mass is 761 g/mol. The summed E-state index contributed by atoms with van der Waals surface area (Å²) in [6.45, 7) is 3.94. The van der Waals surface area contributed by atoms with Crippen molar-refractivity contribution in [1.29, 1.82) is 0 Å². The van der Waals surface area contributed by atoms with Crippen molar-refractivity contribution in [3.05, 3.63) is 29.8 Å². The number of nitrogens with one attached hydrogen (secondary N) is 4. The van der Waals surface area contributed by atoms with Crippen LogP contribution in [-0.4, -0.2) is 112 Å². The van der Waals surface area contributed by atoms with Crippen molar-refractivity contribution in [2.24, 2.45) is 28.9 Å². The molecule has 1 fully saturated rings. The Hall–Kier alpha value is -5.30. The van der Waals surface area contributed by atoms with Gasteiger partial charge in [0.15, 0.2) is 0 Å². The van der Waals surface area contributed by atoms with Gasteiger partial charge in [-0.15, -0.1) is 0 Å². The number of aliphatic carboxylic acids is 1. The lowest BCUT2D eigenvalue weighted by atomic mass is 9.96. The van der Waals surface area contributed by atoms with E-state index < -0.39 is 95.9 Å². The first-order chi connectivity index (χ1) is 25.5. The van der Waals surface area contributed by atoms with Crippen LogP contribution in [-0.2, 0) is 44.8 Å². The topological polar surface area (TPSA) is 332 Å². The molecule has 300 valence electrons. The van der Waals surface area contributed by atoms with E-state index in [4.69, 9.17) is 22.9 Å². The van der Waals surface area contributed by atoms with Crippen molar-refractivity contribution < 1.29 is 48.6 Å². The van der Waals surface area contributed by atoms with Gasteiger partial charge in [-0.2, -0.15) is 0 Å². The van der Waals surface area contributed by atoms with Gasteiger partial charge in [-0.3, -0.25) is 33.6 Å². The number of amides is 7. The quantitative estimate of drug-likeness (QED) is 0.0522. The number of rotatable bonds is 23. The molecule has 7 atom stereocenters. The van der Waals surface area contributed by atoms with Gasteiger partial charge in [0.25, 0.3) is 0 Å². The molecule has 1 aliphatic heterocycles. The molecule has 0 spiro atoms. The Morgan fingerprint density at radius 2 is 1.50 bits per heavy atom. The highest BCUT2D eigenvalue weighted by molar-refractivity contribution is 5.97.